The number of pyridine rings is 1. The van der Waals surface area contributed by atoms with E-state index in [2.05, 4.69) is 35.5 Å². The molecule has 1 N–H and O–H groups in total. The van der Waals surface area contributed by atoms with Crippen LogP contribution < -0.4 is 5.32 Å². The minimum Gasteiger partial charge on any atom is -0.343 e. The van der Waals surface area contributed by atoms with Gasteiger partial charge in [-0.1, -0.05) is 11.6 Å². The van der Waals surface area contributed by atoms with E-state index in [1.165, 1.54) is 11.0 Å². The summed E-state index contributed by atoms with van der Waals surface area (Å²) in [6.07, 6.45) is 0.950. The fourth-order valence-electron chi connectivity index (χ4n) is 2.54. The van der Waals surface area contributed by atoms with Crippen LogP contribution in [-0.4, -0.2) is 39.3 Å². The van der Waals surface area contributed by atoms with Crippen LogP contribution >= 0.6 is 11.6 Å². The molecule has 4 heterocycles. The molecule has 4 aromatic heterocycles. The molecule has 144 valence electrons. The summed E-state index contributed by atoms with van der Waals surface area (Å²) in [6, 6.07) is 2.06. The van der Waals surface area contributed by atoms with Gasteiger partial charge in [-0.15, -0.1) is 5.10 Å². The lowest BCUT2D eigenvalue weighted by Gasteiger charge is -2.12. The van der Waals surface area contributed by atoms with Crippen molar-refractivity contribution in [3.63, 3.8) is 0 Å². The fraction of sp³-hybridized carbons (Fsp3) is 0.200. The molecule has 0 aliphatic heterocycles. The maximum atomic E-state index is 13.0. The van der Waals surface area contributed by atoms with Crippen molar-refractivity contribution in [2.24, 2.45) is 0 Å². The number of nitrogens with one attached hydrogen (secondary N) is 1. The molecule has 0 radical (unpaired) electrons. The highest BCUT2D eigenvalue weighted by Gasteiger charge is 2.34. The summed E-state index contributed by atoms with van der Waals surface area (Å²) in [6.45, 7) is 1.77. The van der Waals surface area contributed by atoms with E-state index in [1.807, 2.05) is 0 Å². The first-order valence-corrected chi connectivity index (χ1v) is 8.27. The van der Waals surface area contributed by atoms with Crippen LogP contribution in [0.2, 0.25) is 5.02 Å². The van der Waals surface area contributed by atoms with Crippen molar-refractivity contribution in [2.45, 2.75) is 19.1 Å². The minimum absolute atomic E-state index is 0.000662. The van der Waals surface area contributed by atoms with Gasteiger partial charge in [0.25, 0.3) is 5.95 Å². The van der Waals surface area contributed by atoms with Gasteiger partial charge in [-0.2, -0.15) is 27.9 Å². The van der Waals surface area contributed by atoms with Crippen LogP contribution in [0.25, 0.3) is 11.6 Å². The van der Waals surface area contributed by atoms with E-state index in [0.29, 0.717) is 11.8 Å². The van der Waals surface area contributed by atoms with Crippen LogP contribution in [0, 0.1) is 0 Å². The van der Waals surface area contributed by atoms with Crippen LogP contribution in [0.5, 0.6) is 0 Å². The molecule has 0 spiro atoms. The molecule has 0 unspecified atom stereocenters. The molecular weight excluding hydrogens is 399 g/mol. The van der Waals surface area contributed by atoms with Crippen molar-refractivity contribution in [1.82, 2.24) is 39.3 Å². The first kappa shape index (κ1) is 18.1. The number of fused-ring (bicyclic) bond motifs is 1. The zero-order valence-corrected chi connectivity index (χ0v) is 14.9. The van der Waals surface area contributed by atoms with Gasteiger partial charge in [0.2, 0.25) is 5.95 Å². The molecule has 0 fully saturated rings. The number of anilines is 1. The zero-order valence-electron chi connectivity index (χ0n) is 14.1. The second-order valence-electron chi connectivity index (χ2n) is 5.72. The Morgan fingerprint density at radius 2 is 1.93 bits per heavy atom. The molecule has 0 aromatic carbocycles. The SMILES string of the molecule is C[C@H](Nc1nc2cc(C(F)(F)F)c(Cl)cn2n1)c1ncnn1-c1ncccn1. The predicted octanol–water partition coefficient (Wildman–Crippen LogP) is 2.95. The lowest BCUT2D eigenvalue weighted by Crippen LogP contribution is -2.16. The number of hydrogen-bond acceptors (Lipinski definition) is 7. The Bertz CT molecular complexity index is 1120. The van der Waals surface area contributed by atoms with E-state index in [9.17, 15) is 13.2 Å². The van der Waals surface area contributed by atoms with Crippen LogP contribution in [-0.2, 0) is 6.18 Å². The van der Waals surface area contributed by atoms with E-state index in [-0.39, 0.29) is 11.6 Å². The summed E-state index contributed by atoms with van der Waals surface area (Å²) in [5.74, 6) is 0.902. The number of nitrogens with zero attached hydrogens (tertiary/aromatic N) is 8. The Morgan fingerprint density at radius 1 is 1.18 bits per heavy atom. The van der Waals surface area contributed by atoms with Crippen LogP contribution in [0.15, 0.2) is 37.1 Å². The molecule has 1 atom stereocenters. The maximum Gasteiger partial charge on any atom is 0.418 e. The number of halogens is 4. The molecule has 0 bridgehead atoms. The quantitative estimate of drug-likeness (QED) is 0.553. The Balaban J connectivity index is 1.63. The van der Waals surface area contributed by atoms with Gasteiger partial charge in [-0.3, -0.25) is 0 Å². The molecule has 0 saturated heterocycles. The normalized spacial score (nSPS) is 13.0. The van der Waals surface area contributed by atoms with E-state index >= 15 is 0 Å². The average molecular weight is 410 g/mol. The van der Waals surface area contributed by atoms with Crippen molar-refractivity contribution in [1.29, 1.82) is 0 Å². The second kappa shape index (κ2) is 6.71. The summed E-state index contributed by atoms with van der Waals surface area (Å²) in [5.41, 5.74) is -0.978. The fourth-order valence-corrected chi connectivity index (χ4v) is 2.79. The maximum absolute atomic E-state index is 13.0. The van der Waals surface area contributed by atoms with Crippen molar-refractivity contribution in [3.05, 3.63) is 53.5 Å². The van der Waals surface area contributed by atoms with Gasteiger partial charge >= 0.3 is 6.18 Å². The predicted molar refractivity (Wildman–Crippen MR) is 92.0 cm³/mol. The van der Waals surface area contributed by atoms with Crippen LogP contribution in [0.1, 0.15) is 24.4 Å². The Labute approximate surface area is 160 Å². The third kappa shape index (κ3) is 3.33. The molecule has 0 saturated carbocycles. The lowest BCUT2D eigenvalue weighted by molar-refractivity contribution is -0.137. The summed E-state index contributed by atoms with van der Waals surface area (Å²) in [7, 11) is 0. The summed E-state index contributed by atoms with van der Waals surface area (Å²) >= 11 is 5.71. The molecule has 0 aliphatic carbocycles. The summed E-state index contributed by atoms with van der Waals surface area (Å²) in [5, 5.41) is 10.7. The van der Waals surface area contributed by atoms with Crippen molar-refractivity contribution in [2.75, 3.05) is 5.32 Å². The number of aromatic nitrogens is 8. The first-order chi connectivity index (χ1) is 13.3. The lowest BCUT2D eigenvalue weighted by atomic mass is 10.2. The molecular formula is C15H11ClF3N9. The van der Waals surface area contributed by atoms with Crippen molar-refractivity contribution < 1.29 is 13.2 Å². The molecule has 9 nitrogen and oxygen atoms in total. The van der Waals surface area contributed by atoms with Crippen LogP contribution in [0.3, 0.4) is 0 Å². The smallest absolute Gasteiger partial charge is 0.343 e. The topological polar surface area (TPSA) is 98.7 Å². The van der Waals surface area contributed by atoms with E-state index in [4.69, 9.17) is 11.6 Å². The molecule has 0 amide bonds. The highest BCUT2D eigenvalue weighted by Crippen LogP contribution is 2.35. The van der Waals surface area contributed by atoms with Crippen LogP contribution in [0.4, 0.5) is 19.1 Å². The highest BCUT2D eigenvalue weighted by atomic mass is 35.5. The van der Waals surface area contributed by atoms with E-state index < -0.39 is 22.8 Å². The van der Waals surface area contributed by atoms with Gasteiger partial charge in [-0.25, -0.2) is 19.5 Å². The molecule has 28 heavy (non-hydrogen) atoms. The van der Waals surface area contributed by atoms with Gasteiger partial charge in [0.1, 0.15) is 6.33 Å². The average Bonchev–Trinajstić information content (AvgIpc) is 3.27. The Morgan fingerprint density at radius 3 is 2.64 bits per heavy atom. The van der Waals surface area contributed by atoms with Crippen molar-refractivity contribution >= 4 is 23.2 Å². The minimum atomic E-state index is -4.59. The molecule has 13 heteroatoms. The van der Waals surface area contributed by atoms with Gasteiger partial charge in [0.05, 0.1) is 22.8 Å². The number of hydrogen-bond donors (Lipinski definition) is 1. The third-order valence-corrected chi connectivity index (χ3v) is 4.08. The van der Waals surface area contributed by atoms with Gasteiger partial charge < -0.3 is 5.32 Å². The Kier molecular flexibility index (Phi) is 4.34. The summed E-state index contributed by atoms with van der Waals surface area (Å²) in [4.78, 5) is 16.5. The zero-order chi connectivity index (χ0) is 19.9. The van der Waals surface area contributed by atoms with E-state index in [1.54, 1.807) is 25.4 Å². The standard InChI is InChI=1S/C15H11ClF3N9/c1-8(12-22-7-23-28(12)14-20-3-2-4-21-14)24-13-25-11-5-9(15(17,18)19)10(16)6-27(11)26-13/h2-8H,1H3,(H,24,26)/t8-/m0/s1. The summed E-state index contributed by atoms with van der Waals surface area (Å²) < 4.78 is 41.6. The van der Waals surface area contributed by atoms with E-state index in [0.717, 1.165) is 16.8 Å². The second-order valence-corrected chi connectivity index (χ2v) is 6.12. The first-order valence-electron chi connectivity index (χ1n) is 7.90. The molecule has 4 aromatic rings. The Hall–Kier alpha value is -3.28. The monoisotopic (exact) mass is 409 g/mol. The number of alkyl halides is 3. The van der Waals surface area contributed by atoms with Gasteiger partial charge in [0.15, 0.2) is 11.5 Å². The van der Waals surface area contributed by atoms with Gasteiger partial charge in [0, 0.05) is 12.4 Å². The molecule has 4 rings (SSSR count). The third-order valence-electron chi connectivity index (χ3n) is 3.78. The highest BCUT2D eigenvalue weighted by molar-refractivity contribution is 6.31. The molecule has 0 aliphatic rings. The number of rotatable bonds is 4. The largest absolute Gasteiger partial charge is 0.418 e. The van der Waals surface area contributed by atoms with Gasteiger partial charge in [-0.05, 0) is 19.1 Å². The van der Waals surface area contributed by atoms with Crippen molar-refractivity contribution in [3.8, 4) is 5.95 Å².